The molecule has 8 nitrogen and oxygen atoms in total. The molecule has 3 aliphatic heterocycles. The Morgan fingerprint density at radius 2 is 1.79 bits per heavy atom. The van der Waals surface area contributed by atoms with Crippen molar-refractivity contribution in [2.24, 2.45) is 17.8 Å². The molecule has 0 aromatic carbocycles. The Morgan fingerprint density at radius 3 is 2.38 bits per heavy atom. The van der Waals surface area contributed by atoms with Gasteiger partial charge < -0.3 is 25.4 Å². The van der Waals surface area contributed by atoms with E-state index in [2.05, 4.69) is 17.6 Å². The summed E-state index contributed by atoms with van der Waals surface area (Å²) in [5, 5.41) is 16.4. The molecule has 7 atom stereocenters. The number of nitrogens with zero attached hydrogens (tertiary/aromatic N) is 1. The quantitative estimate of drug-likeness (QED) is 0.352. The predicted octanol–water partition coefficient (Wildman–Crippen LogP) is 2.38. The van der Waals surface area contributed by atoms with Gasteiger partial charge in [0.15, 0.2) is 0 Å². The van der Waals surface area contributed by atoms with Crippen molar-refractivity contribution in [1.29, 1.82) is 0 Å². The fourth-order valence-electron chi connectivity index (χ4n) is 6.57. The monoisotopic (exact) mass is 479 g/mol. The number of amides is 3. The van der Waals surface area contributed by atoms with E-state index >= 15 is 0 Å². The highest BCUT2D eigenvalue weighted by Gasteiger charge is 2.79. The number of hydrogen-bond donors (Lipinski definition) is 3. The van der Waals surface area contributed by atoms with Crippen LogP contribution in [0.15, 0.2) is 0 Å². The lowest BCUT2D eigenvalue weighted by Crippen LogP contribution is -2.59. The third-order valence-corrected chi connectivity index (χ3v) is 8.62. The number of nitrogens with one attached hydrogen (secondary N) is 2. The Bertz CT molecular complexity index is 761. The van der Waals surface area contributed by atoms with Crippen LogP contribution in [0.5, 0.6) is 0 Å². The molecule has 194 valence electrons. The molecular formula is C26H45N3O5. The van der Waals surface area contributed by atoms with E-state index in [1.807, 2.05) is 27.7 Å². The highest BCUT2D eigenvalue weighted by molar-refractivity contribution is 5.99. The zero-order valence-electron chi connectivity index (χ0n) is 21.7. The van der Waals surface area contributed by atoms with Gasteiger partial charge in [0.25, 0.3) is 0 Å². The summed E-state index contributed by atoms with van der Waals surface area (Å²) in [7, 11) is 0. The summed E-state index contributed by atoms with van der Waals surface area (Å²) in [6, 6.07) is -1.33. The molecule has 1 spiro atoms. The van der Waals surface area contributed by atoms with Gasteiger partial charge in [-0.1, -0.05) is 53.9 Å². The van der Waals surface area contributed by atoms with Gasteiger partial charge in [0, 0.05) is 13.1 Å². The number of aliphatic hydroxyl groups excluding tert-OH is 1. The molecule has 0 aromatic heterocycles. The summed E-state index contributed by atoms with van der Waals surface area (Å²) >= 11 is 0. The van der Waals surface area contributed by atoms with E-state index < -0.39 is 35.1 Å². The number of carbonyl (C=O) groups excluding carboxylic acids is 3. The molecule has 8 heteroatoms. The van der Waals surface area contributed by atoms with Crippen molar-refractivity contribution in [3.05, 3.63) is 0 Å². The highest BCUT2D eigenvalue weighted by Crippen LogP contribution is 2.64. The van der Waals surface area contributed by atoms with Crippen LogP contribution in [0.25, 0.3) is 0 Å². The fraction of sp³-hybridized carbons (Fsp3) is 0.885. The first-order valence-corrected chi connectivity index (χ1v) is 13.5. The molecule has 2 unspecified atom stereocenters. The lowest BCUT2D eigenvalue weighted by atomic mass is 9.65. The van der Waals surface area contributed by atoms with Gasteiger partial charge in [-0.25, -0.2) is 0 Å². The van der Waals surface area contributed by atoms with Crippen molar-refractivity contribution >= 4 is 17.7 Å². The minimum Gasteiger partial charge on any atom is -0.394 e. The highest BCUT2D eigenvalue weighted by atomic mass is 16.5. The zero-order valence-corrected chi connectivity index (χ0v) is 21.7. The molecule has 3 saturated heterocycles. The minimum absolute atomic E-state index is 0.00395. The van der Waals surface area contributed by atoms with Crippen LogP contribution >= 0.6 is 0 Å². The van der Waals surface area contributed by atoms with Gasteiger partial charge in [-0.3, -0.25) is 14.4 Å². The summed E-state index contributed by atoms with van der Waals surface area (Å²) in [5.41, 5.74) is -1.76. The molecular weight excluding hydrogens is 434 g/mol. The molecule has 3 heterocycles. The molecule has 34 heavy (non-hydrogen) atoms. The SMILES string of the molecule is CCCCCNC(=O)C1N([C@@H](CO)[C@@H](C)CC)C(=O)[C@@H]2[C@@H](C(=O)NCCC)[C@@]3(CC)CCC12O3. The van der Waals surface area contributed by atoms with Crippen molar-refractivity contribution in [1.82, 2.24) is 15.5 Å². The average molecular weight is 480 g/mol. The molecule has 3 N–H and O–H groups in total. The molecule has 0 aromatic rings. The molecule has 3 rings (SSSR count). The van der Waals surface area contributed by atoms with Crippen LogP contribution in [0.2, 0.25) is 0 Å². The van der Waals surface area contributed by atoms with Crippen LogP contribution in [0.3, 0.4) is 0 Å². The molecule has 0 radical (unpaired) electrons. The largest absolute Gasteiger partial charge is 0.394 e. The zero-order chi connectivity index (χ0) is 25.1. The molecule has 0 saturated carbocycles. The van der Waals surface area contributed by atoms with E-state index in [9.17, 15) is 19.5 Å². The number of fused-ring (bicyclic) bond motifs is 1. The Labute approximate surface area is 204 Å². The van der Waals surface area contributed by atoms with E-state index in [-0.39, 0.29) is 30.2 Å². The second-order valence-corrected chi connectivity index (χ2v) is 10.5. The first-order chi connectivity index (χ1) is 16.3. The maximum Gasteiger partial charge on any atom is 0.245 e. The maximum atomic E-state index is 14.1. The first kappa shape index (κ1) is 26.9. The number of carbonyl (C=O) groups is 3. The molecule has 3 aliphatic rings. The predicted molar refractivity (Wildman–Crippen MR) is 130 cm³/mol. The smallest absolute Gasteiger partial charge is 0.245 e. The van der Waals surface area contributed by atoms with Crippen molar-refractivity contribution in [3.8, 4) is 0 Å². The summed E-state index contributed by atoms with van der Waals surface area (Å²) in [4.78, 5) is 42.8. The summed E-state index contributed by atoms with van der Waals surface area (Å²) in [5.74, 6) is -1.93. The molecule has 3 fully saturated rings. The van der Waals surface area contributed by atoms with Gasteiger partial charge in [-0.15, -0.1) is 0 Å². The second-order valence-electron chi connectivity index (χ2n) is 10.5. The van der Waals surface area contributed by atoms with E-state index in [4.69, 9.17) is 4.74 Å². The van der Waals surface area contributed by atoms with E-state index in [1.54, 1.807) is 4.90 Å². The number of ether oxygens (including phenoxy) is 1. The fourth-order valence-corrected chi connectivity index (χ4v) is 6.57. The van der Waals surface area contributed by atoms with Crippen LogP contribution < -0.4 is 10.6 Å². The van der Waals surface area contributed by atoms with Crippen LogP contribution in [0, 0.1) is 17.8 Å². The van der Waals surface area contributed by atoms with E-state index in [1.165, 1.54) is 0 Å². The Hall–Kier alpha value is -1.67. The summed E-state index contributed by atoms with van der Waals surface area (Å²) in [6.07, 6.45) is 6.33. The first-order valence-electron chi connectivity index (χ1n) is 13.5. The topological polar surface area (TPSA) is 108 Å². The van der Waals surface area contributed by atoms with Gasteiger partial charge >= 0.3 is 0 Å². The number of aliphatic hydroxyl groups is 1. The number of likely N-dealkylation sites (tertiary alicyclic amines) is 1. The van der Waals surface area contributed by atoms with Crippen LogP contribution in [0.4, 0.5) is 0 Å². The van der Waals surface area contributed by atoms with Crippen molar-refractivity contribution < 1.29 is 24.2 Å². The molecule has 0 aliphatic carbocycles. The number of rotatable bonds is 13. The van der Waals surface area contributed by atoms with Crippen molar-refractivity contribution in [2.45, 2.75) is 109 Å². The lowest BCUT2D eigenvalue weighted by molar-refractivity contribution is -0.152. The van der Waals surface area contributed by atoms with E-state index in [0.717, 1.165) is 32.1 Å². The Balaban J connectivity index is 2.03. The van der Waals surface area contributed by atoms with E-state index in [0.29, 0.717) is 32.4 Å². The third kappa shape index (κ3) is 4.25. The van der Waals surface area contributed by atoms with Crippen molar-refractivity contribution in [2.75, 3.05) is 19.7 Å². The standard InChI is InChI=1S/C26H45N3O5/c1-6-10-11-15-28-23(32)21-26-13-12-25(9-4,34-26)19(22(31)27-14-7-2)20(26)24(33)29(21)18(16-30)17(5)8-3/h17-21,30H,6-16H2,1-5H3,(H,27,31)(H,28,32)/t17-,18-,19-,20-,21?,25+,26?/m0/s1. The molecule has 3 amide bonds. The minimum atomic E-state index is -1.03. The van der Waals surface area contributed by atoms with Gasteiger partial charge in [-0.05, 0) is 38.0 Å². The van der Waals surface area contributed by atoms with Gasteiger partial charge in [0.05, 0.1) is 30.1 Å². The Morgan fingerprint density at radius 1 is 1.09 bits per heavy atom. The normalized spacial score (nSPS) is 33.6. The molecule has 2 bridgehead atoms. The second kappa shape index (κ2) is 10.9. The van der Waals surface area contributed by atoms with Crippen LogP contribution in [-0.2, 0) is 19.1 Å². The van der Waals surface area contributed by atoms with Crippen LogP contribution in [-0.4, -0.2) is 70.7 Å². The number of hydrogen-bond acceptors (Lipinski definition) is 5. The average Bonchev–Trinajstić information content (AvgIpc) is 3.44. The van der Waals surface area contributed by atoms with Gasteiger partial charge in [0.1, 0.15) is 11.6 Å². The maximum absolute atomic E-state index is 14.1. The van der Waals surface area contributed by atoms with Gasteiger partial charge in [-0.2, -0.15) is 0 Å². The van der Waals surface area contributed by atoms with Gasteiger partial charge in [0.2, 0.25) is 17.7 Å². The summed E-state index contributed by atoms with van der Waals surface area (Å²) < 4.78 is 6.74. The van der Waals surface area contributed by atoms with Crippen LogP contribution in [0.1, 0.15) is 86.0 Å². The Kier molecular flexibility index (Phi) is 8.66. The van der Waals surface area contributed by atoms with Crippen molar-refractivity contribution in [3.63, 3.8) is 0 Å². The summed E-state index contributed by atoms with van der Waals surface area (Å²) in [6.45, 7) is 11.0. The third-order valence-electron chi connectivity index (χ3n) is 8.62. The lowest BCUT2D eigenvalue weighted by Gasteiger charge is -2.39. The number of unbranched alkanes of at least 4 members (excludes halogenated alkanes) is 2.